The van der Waals surface area contributed by atoms with Gasteiger partial charge < -0.3 is 15.2 Å². The Balaban J connectivity index is 2.06. The predicted octanol–water partition coefficient (Wildman–Crippen LogP) is 0.997. The Morgan fingerprint density at radius 3 is 2.39 bits per heavy atom. The number of benzene rings is 1. The van der Waals surface area contributed by atoms with E-state index in [9.17, 15) is 19.2 Å². The van der Waals surface area contributed by atoms with Crippen LogP contribution in [-0.4, -0.2) is 34.1 Å². The van der Waals surface area contributed by atoms with Crippen LogP contribution in [0.15, 0.2) is 33.9 Å². The van der Waals surface area contributed by atoms with Crippen molar-refractivity contribution in [2.75, 3.05) is 18.9 Å². The van der Waals surface area contributed by atoms with Gasteiger partial charge in [-0.05, 0) is 30.7 Å². The molecule has 0 aliphatic carbocycles. The van der Waals surface area contributed by atoms with Gasteiger partial charge in [0.05, 0.1) is 0 Å². The molecule has 0 bridgehead atoms. The Morgan fingerprint density at radius 1 is 1.14 bits per heavy atom. The van der Waals surface area contributed by atoms with Gasteiger partial charge in [0.15, 0.2) is 13.2 Å². The van der Waals surface area contributed by atoms with Crippen molar-refractivity contribution in [1.82, 2.24) is 9.13 Å². The molecule has 28 heavy (non-hydrogen) atoms. The number of nitrogen functional groups attached to an aromatic ring is 1. The summed E-state index contributed by atoms with van der Waals surface area (Å²) in [7, 11) is 1.25. The summed E-state index contributed by atoms with van der Waals surface area (Å²) in [6.07, 6.45) is 0.576. The van der Waals surface area contributed by atoms with Crippen molar-refractivity contribution in [3.63, 3.8) is 0 Å². The van der Waals surface area contributed by atoms with Crippen molar-refractivity contribution in [3.8, 4) is 5.75 Å². The fourth-order valence-corrected chi connectivity index (χ4v) is 2.54. The third-order valence-electron chi connectivity index (χ3n) is 3.84. The van der Waals surface area contributed by atoms with Crippen LogP contribution in [0.3, 0.4) is 0 Å². The third kappa shape index (κ3) is 4.80. The van der Waals surface area contributed by atoms with Crippen LogP contribution in [0.5, 0.6) is 5.75 Å². The van der Waals surface area contributed by atoms with Crippen LogP contribution in [0.25, 0.3) is 0 Å². The van der Waals surface area contributed by atoms with Crippen LogP contribution in [0, 0.1) is 0 Å². The van der Waals surface area contributed by atoms with Crippen molar-refractivity contribution < 1.29 is 19.1 Å². The van der Waals surface area contributed by atoms with Crippen molar-refractivity contribution >= 4 is 29.2 Å². The van der Waals surface area contributed by atoms with E-state index in [0.717, 1.165) is 9.13 Å². The largest absolute Gasteiger partial charge is 0.482 e. The SMILES string of the molecule is CCCn1c(N)c(C(=O)COC(=O)COc2ccc(Cl)cc2)c(=O)n(C)c1=O. The Kier molecular flexibility index (Phi) is 7.00. The first kappa shape index (κ1) is 21.2. The number of nitrogens with zero attached hydrogens (tertiary/aromatic N) is 2. The van der Waals surface area contributed by atoms with Crippen molar-refractivity contribution in [2.24, 2.45) is 7.05 Å². The Morgan fingerprint density at radius 2 is 1.79 bits per heavy atom. The van der Waals surface area contributed by atoms with Crippen LogP contribution in [-0.2, 0) is 23.1 Å². The molecule has 0 aliphatic rings. The number of carbonyl (C=O) groups excluding carboxylic acids is 2. The minimum Gasteiger partial charge on any atom is -0.482 e. The molecule has 10 heteroatoms. The number of nitrogens with two attached hydrogens (primary N) is 1. The summed E-state index contributed by atoms with van der Waals surface area (Å²) >= 11 is 5.75. The van der Waals surface area contributed by atoms with Gasteiger partial charge in [0, 0.05) is 18.6 Å². The van der Waals surface area contributed by atoms with E-state index in [-0.39, 0.29) is 17.9 Å². The standard InChI is InChI=1S/C18H20ClN3O6/c1-3-8-22-16(20)15(17(25)21(2)18(22)26)13(23)9-28-14(24)10-27-12-6-4-11(19)5-7-12/h4-7H,3,8-10,20H2,1-2H3. The lowest BCUT2D eigenvalue weighted by molar-refractivity contribution is -0.144. The van der Waals surface area contributed by atoms with Gasteiger partial charge in [0.2, 0.25) is 5.78 Å². The van der Waals surface area contributed by atoms with Gasteiger partial charge in [-0.15, -0.1) is 0 Å². The van der Waals surface area contributed by atoms with Gasteiger partial charge >= 0.3 is 11.7 Å². The number of anilines is 1. The maximum atomic E-state index is 12.4. The van der Waals surface area contributed by atoms with Crippen molar-refractivity contribution in [3.05, 3.63) is 55.7 Å². The summed E-state index contributed by atoms with van der Waals surface area (Å²) in [6, 6.07) is 6.33. The molecule has 0 radical (unpaired) electrons. The molecule has 1 heterocycles. The maximum Gasteiger partial charge on any atom is 0.344 e. The van der Waals surface area contributed by atoms with E-state index >= 15 is 0 Å². The van der Waals surface area contributed by atoms with E-state index in [0.29, 0.717) is 17.2 Å². The van der Waals surface area contributed by atoms with Crippen molar-refractivity contribution in [2.45, 2.75) is 19.9 Å². The van der Waals surface area contributed by atoms with Gasteiger partial charge in [-0.2, -0.15) is 0 Å². The molecule has 1 aromatic heterocycles. The Bertz CT molecular complexity index is 994. The van der Waals surface area contributed by atoms with Crippen LogP contribution < -0.4 is 21.7 Å². The smallest absolute Gasteiger partial charge is 0.344 e. The molecule has 0 amide bonds. The molecular formula is C18H20ClN3O6. The molecule has 0 atom stereocenters. The van der Waals surface area contributed by atoms with Crippen LogP contribution in [0.2, 0.25) is 5.02 Å². The number of hydrogen-bond acceptors (Lipinski definition) is 7. The average molecular weight is 410 g/mol. The highest BCUT2D eigenvalue weighted by molar-refractivity contribution is 6.30. The quantitative estimate of drug-likeness (QED) is 0.509. The van der Waals surface area contributed by atoms with Gasteiger partial charge in [0.25, 0.3) is 5.56 Å². The van der Waals surface area contributed by atoms with Gasteiger partial charge in [-0.1, -0.05) is 18.5 Å². The van der Waals surface area contributed by atoms with Gasteiger partial charge in [0.1, 0.15) is 17.1 Å². The normalized spacial score (nSPS) is 10.5. The summed E-state index contributed by atoms with van der Waals surface area (Å²) in [4.78, 5) is 48.5. The predicted molar refractivity (Wildman–Crippen MR) is 103 cm³/mol. The first-order valence-corrected chi connectivity index (χ1v) is 8.80. The number of rotatable bonds is 8. The molecule has 0 aliphatic heterocycles. The van der Waals surface area contributed by atoms with E-state index in [1.54, 1.807) is 24.3 Å². The number of esters is 1. The fraction of sp³-hybridized carbons (Fsp3) is 0.333. The second kappa shape index (κ2) is 9.23. The van der Waals surface area contributed by atoms with Crippen LogP contribution >= 0.6 is 11.6 Å². The molecule has 0 saturated heterocycles. The average Bonchev–Trinajstić information content (AvgIpc) is 2.67. The topological polar surface area (TPSA) is 123 Å². The zero-order valence-corrected chi connectivity index (χ0v) is 16.2. The van der Waals surface area contributed by atoms with E-state index in [1.165, 1.54) is 7.05 Å². The third-order valence-corrected chi connectivity index (χ3v) is 4.10. The van der Waals surface area contributed by atoms with Gasteiger partial charge in [-0.25, -0.2) is 9.59 Å². The Labute approximate surface area is 165 Å². The summed E-state index contributed by atoms with van der Waals surface area (Å²) in [6.45, 7) is 0.930. The molecule has 1 aromatic carbocycles. The first-order chi connectivity index (χ1) is 13.3. The first-order valence-electron chi connectivity index (χ1n) is 8.42. The number of ether oxygens (including phenoxy) is 2. The van der Waals surface area contributed by atoms with E-state index in [4.69, 9.17) is 26.8 Å². The zero-order valence-electron chi connectivity index (χ0n) is 15.4. The number of hydrogen-bond donors (Lipinski definition) is 1. The summed E-state index contributed by atoms with van der Waals surface area (Å²) in [5.41, 5.74) is 4.00. The monoisotopic (exact) mass is 409 g/mol. The van der Waals surface area contributed by atoms with E-state index in [2.05, 4.69) is 0 Å². The number of halogens is 1. The summed E-state index contributed by atoms with van der Waals surface area (Å²) in [5.74, 6) is -1.45. The molecule has 0 spiro atoms. The van der Waals surface area contributed by atoms with Gasteiger partial charge in [-0.3, -0.25) is 18.7 Å². The molecule has 0 fully saturated rings. The molecular weight excluding hydrogens is 390 g/mol. The molecule has 0 saturated carbocycles. The number of Topliss-reactive ketones (excluding diaryl/α,β-unsaturated/α-hetero) is 1. The highest BCUT2D eigenvalue weighted by atomic mass is 35.5. The molecule has 150 valence electrons. The summed E-state index contributed by atoms with van der Waals surface area (Å²) in [5, 5.41) is 0.518. The van der Waals surface area contributed by atoms with Crippen molar-refractivity contribution in [1.29, 1.82) is 0 Å². The number of ketones is 1. The second-order valence-electron chi connectivity index (χ2n) is 5.89. The van der Waals surface area contributed by atoms with Crippen LogP contribution in [0.4, 0.5) is 5.82 Å². The minimum absolute atomic E-state index is 0.242. The van der Waals surface area contributed by atoms with E-state index < -0.39 is 36.2 Å². The lowest BCUT2D eigenvalue weighted by Gasteiger charge is -2.14. The number of aromatic nitrogens is 2. The lowest BCUT2D eigenvalue weighted by Crippen LogP contribution is -2.43. The second-order valence-corrected chi connectivity index (χ2v) is 6.32. The lowest BCUT2D eigenvalue weighted by atomic mass is 10.2. The molecule has 9 nitrogen and oxygen atoms in total. The zero-order chi connectivity index (χ0) is 20.8. The molecule has 2 rings (SSSR count). The fourth-order valence-electron chi connectivity index (χ4n) is 2.42. The Hall–Kier alpha value is -3.07. The molecule has 2 N–H and O–H groups in total. The van der Waals surface area contributed by atoms with Crippen LogP contribution in [0.1, 0.15) is 23.7 Å². The molecule has 2 aromatic rings. The molecule has 0 unspecified atom stereocenters. The number of carbonyl (C=O) groups is 2. The minimum atomic E-state index is -0.840. The highest BCUT2D eigenvalue weighted by Gasteiger charge is 2.22. The van der Waals surface area contributed by atoms with E-state index in [1.807, 2.05) is 6.92 Å². The maximum absolute atomic E-state index is 12.4. The summed E-state index contributed by atoms with van der Waals surface area (Å²) < 4.78 is 12.0. The highest BCUT2D eigenvalue weighted by Crippen LogP contribution is 2.15.